The molecule has 3 aromatic heterocycles. The summed E-state index contributed by atoms with van der Waals surface area (Å²) in [5.41, 5.74) is 7.49. The molecule has 7 nitrogen and oxygen atoms in total. The minimum absolute atomic E-state index is 0.0744. The van der Waals surface area contributed by atoms with Gasteiger partial charge in [0, 0.05) is 12.4 Å². The second-order valence-electron chi connectivity index (χ2n) is 5.57. The Labute approximate surface area is 159 Å². The Kier molecular flexibility index (Phi) is 6.00. The van der Waals surface area contributed by atoms with Gasteiger partial charge in [0.05, 0.1) is 33.9 Å². The van der Waals surface area contributed by atoms with Crippen molar-refractivity contribution in [2.75, 3.05) is 6.54 Å². The quantitative estimate of drug-likeness (QED) is 0.493. The van der Waals surface area contributed by atoms with Gasteiger partial charge in [0.2, 0.25) is 0 Å². The first-order chi connectivity index (χ1) is 12.6. The summed E-state index contributed by atoms with van der Waals surface area (Å²) >= 11 is 7.20. The fourth-order valence-electron chi connectivity index (χ4n) is 2.43. The summed E-state index contributed by atoms with van der Waals surface area (Å²) in [4.78, 5) is 24.9. The molecule has 26 heavy (non-hydrogen) atoms. The van der Waals surface area contributed by atoms with Crippen LogP contribution in [0.3, 0.4) is 0 Å². The number of halogens is 1. The largest absolute Gasteiger partial charge is 0.391 e. The van der Waals surface area contributed by atoms with Gasteiger partial charge in [0.1, 0.15) is 10.7 Å². The van der Waals surface area contributed by atoms with E-state index in [1.54, 1.807) is 36.7 Å². The third-order valence-corrected chi connectivity index (χ3v) is 5.04. The number of nitrogens with zero attached hydrogens (tertiary/aromatic N) is 2. The Hall–Kier alpha value is -2.26. The fraction of sp³-hybridized carbons (Fsp3) is 0.235. The van der Waals surface area contributed by atoms with Gasteiger partial charge < -0.3 is 21.1 Å². The number of aliphatic hydroxyl groups is 1. The van der Waals surface area contributed by atoms with E-state index in [2.05, 4.69) is 20.3 Å². The normalized spacial score (nSPS) is 12.1. The van der Waals surface area contributed by atoms with Crippen LogP contribution in [0.25, 0.3) is 11.4 Å². The van der Waals surface area contributed by atoms with Crippen molar-refractivity contribution < 1.29 is 9.90 Å². The summed E-state index contributed by atoms with van der Waals surface area (Å²) in [5.74, 6) is -0.260. The molecule has 0 aliphatic carbocycles. The molecular formula is C17H18ClN5O2S. The highest BCUT2D eigenvalue weighted by molar-refractivity contribution is 7.11. The van der Waals surface area contributed by atoms with Gasteiger partial charge in [-0.05, 0) is 37.2 Å². The molecule has 0 aliphatic rings. The Balaban J connectivity index is 1.74. The number of aliphatic hydroxyl groups excluding tert-OH is 1. The molecule has 3 aromatic rings. The maximum atomic E-state index is 12.6. The van der Waals surface area contributed by atoms with E-state index >= 15 is 0 Å². The molecule has 136 valence electrons. The van der Waals surface area contributed by atoms with Crippen LogP contribution in [0.2, 0.25) is 5.02 Å². The molecule has 5 N–H and O–H groups in total. The van der Waals surface area contributed by atoms with Gasteiger partial charge in [-0.1, -0.05) is 11.6 Å². The van der Waals surface area contributed by atoms with Crippen LogP contribution in [0.5, 0.6) is 0 Å². The van der Waals surface area contributed by atoms with Crippen LogP contribution in [-0.4, -0.2) is 32.5 Å². The molecule has 1 amide bonds. The second kappa shape index (κ2) is 8.41. The molecule has 1 atom stereocenters. The number of H-pyrrole nitrogens is 1. The summed E-state index contributed by atoms with van der Waals surface area (Å²) < 4.78 is 0. The standard InChI is InChI=1S/C17H18ClN5O2S/c18-10-1-2-12(20-7-10)13-3-4-14(22-13)16(25)23-15(5-6-19)17-21-8-11(9-24)26-17/h1-4,7-8,15,22,24H,5-6,9,19H2,(H,23,25). The first-order valence-electron chi connectivity index (χ1n) is 7.98. The zero-order valence-electron chi connectivity index (χ0n) is 13.8. The number of aromatic nitrogens is 3. The number of carbonyl (C=O) groups excluding carboxylic acids is 1. The van der Waals surface area contributed by atoms with Crippen molar-refractivity contribution >= 4 is 28.8 Å². The van der Waals surface area contributed by atoms with Crippen molar-refractivity contribution in [1.82, 2.24) is 20.3 Å². The van der Waals surface area contributed by atoms with Crippen molar-refractivity contribution in [3.05, 3.63) is 57.3 Å². The van der Waals surface area contributed by atoms with Crippen molar-refractivity contribution in [2.45, 2.75) is 19.1 Å². The van der Waals surface area contributed by atoms with Gasteiger partial charge in [-0.15, -0.1) is 11.3 Å². The zero-order valence-corrected chi connectivity index (χ0v) is 15.3. The van der Waals surface area contributed by atoms with Crippen LogP contribution < -0.4 is 11.1 Å². The van der Waals surface area contributed by atoms with E-state index in [9.17, 15) is 9.90 Å². The minimum Gasteiger partial charge on any atom is -0.391 e. The monoisotopic (exact) mass is 391 g/mol. The third-order valence-electron chi connectivity index (χ3n) is 3.72. The highest BCUT2D eigenvalue weighted by Gasteiger charge is 2.19. The van der Waals surface area contributed by atoms with E-state index < -0.39 is 0 Å². The van der Waals surface area contributed by atoms with E-state index in [0.717, 1.165) is 15.6 Å². The number of carbonyl (C=O) groups is 1. The lowest BCUT2D eigenvalue weighted by Crippen LogP contribution is -2.30. The van der Waals surface area contributed by atoms with Crippen LogP contribution >= 0.6 is 22.9 Å². The molecular weight excluding hydrogens is 374 g/mol. The number of aromatic amines is 1. The minimum atomic E-state index is -0.307. The number of hydrogen-bond acceptors (Lipinski definition) is 6. The van der Waals surface area contributed by atoms with Gasteiger partial charge >= 0.3 is 0 Å². The van der Waals surface area contributed by atoms with Crippen LogP contribution in [0, 0.1) is 0 Å². The molecule has 0 spiro atoms. The number of pyridine rings is 1. The van der Waals surface area contributed by atoms with Crippen LogP contribution in [0.15, 0.2) is 36.7 Å². The maximum absolute atomic E-state index is 12.6. The van der Waals surface area contributed by atoms with Crippen molar-refractivity contribution in [1.29, 1.82) is 0 Å². The van der Waals surface area contributed by atoms with Crippen molar-refractivity contribution in [3.63, 3.8) is 0 Å². The van der Waals surface area contributed by atoms with Crippen LogP contribution in [0.4, 0.5) is 0 Å². The smallest absolute Gasteiger partial charge is 0.268 e. The van der Waals surface area contributed by atoms with Gasteiger partial charge in [-0.3, -0.25) is 9.78 Å². The Morgan fingerprint density at radius 3 is 2.81 bits per heavy atom. The predicted molar refractivity (Wildman–Crippen MR) is 101 cm³/mol. The molecule has 3 rings (SSSR count). The second-order valence-corrected chi connectivity index (χ2v) is 7.16. The molecule has 0 saturated carbocycles. The van der Waals surface area contributed by atoms with Crippen molar-refractivity contribution in [3.8, 4) is 11.4 Å². The molecule has 0 fully saturated rings. The number of nitrogens with one attached hydrogen (secondary N) is 2. The molecule has 0 aliphatic heterocycles. The first-order valence-corrected chi connectivity index (χ1v) is 9.17. The SMILES string of the molecule is NCCC(NC(=O)c1ccc(-c2ccc(Cl)cn2)[nH]1)c1ncc(CO)s1. The molecule has 0 radical (unpaired) electrons. The summed E-state index contributed by atoms with van der Waals surface area (Å²) in [6, 6.07) is 6.69. The topological polar surface area (TPSA) is 117 Å². The summed E-state index contributed by atoms with van der Waals surface area (Å²) in [5, 5.41) is 13.4. The van der Waals surface area contributed by atoms with Gasteiger partial charge in [-0.2, -0.15) is 0 Å². The van der Waals surface area contributed by atoms with E-state index in [1.807, 2.05) is 0 Å². The lowest BCUT2D eigenvalue weighted by Gasteiger charge is -2.15. The van der Waals surface area contributed by atoms with E-state index in [1.165, 1.54) is 11.3 Å². The maximum Gasteiger partial charge on any atom is 0.268 e. The van der Waals surface area contributed by atoms with E-state index in [-0.39, 0.29) is 18.6 Å². The zero-order chi connectivity index (χ0) is 18.5. The van der Waals surface area contributed by atoms with Gasteiger partial charge in [0.15, 0.2) is 0 Å². The fourth-order valence-corrected chi connectivity index (χ4v) is 3.40. The molecule has 0 bridgehead atoms. The molecule has 0 saturated heterocycles. The third kappa shape index (κ3) is 4.28. The average Bonchev–Trinajstić information content (AvgIpc) is 3.31. The van der Waals surface area contributed by atoms with Gasteiger partial charge in [-0.25, -0.2) is 4.98 Å². The average molecular weight is 392 g/mol. The summed E-state index contributed by atoms with van der Waals surface area (Å²) in [6.45, 7) is 0.332. The summed E-state index contributed by atoms with van der Waals surface area (Å²) in [6.07, 6.45) is 3.71. The van der Waals surface area contributed by atoms with Crippen LogP contribution in [0.1, 0.15) is 32.8 Å². The Morgan fingerprint density at radius 2 is 2.15 bits per heavy atom. The van der Waals surface area contributed by atoms with E-state index in [4.69, 9.17) is 17.3 Å². The number of rotatable bonds is 7. The number of nitrogens with two attached hydrogens (primary N) is 1. The Morgan fingerprint density at radius 1 is 1.31 bits per heavy atom. The number of hydrogen-bond donors (Lipinski definition) is 4. The molecule has 1 unspecified atom stereocenters. The molecule has 9 heteroatoms. The van der Waals surface area contributed by atoms with Gasteiger partial charge in [0.25, 0.3) is 5.91 Å². The lowest BCUT2D eigenvalue weighted by atomic mass is 10.2. The Bertz CT molecular complexity index is 877. The molecule has 0 aromatic carbocycles. The molecule has 3 heterocycles. The first kappa shape index (κ1) is 18.5. The lowest BCUT2D eigenvalue weighted by molar-refractivity contribution is 0.0930. The summed E-state index contributed by atoms with van der Waals surface area (Å²) in [7, 11) is 0. The highest BCUT2D eigenvalue weighted by atomic mass is 35.5. The number of thiazole rings is 1. The number of amides is 1. The predicted octanol–water partition coefficient (Wildman–Crippen LogP) is 2.50. The van der Waals surface area contributed by atoms with E-state index in [0.29, 0.717) is 29.4 Å². The highest BCUT2D eigenvalue weighted by Crippen LogP contribution is 2.23. The van der Waals surface area contributed by atoms with Crippen LogP contribution in [-0.2, 0) is 6.61 Å². The van der Waals surface area contributed by atoms with Crippen molar-refractivity contribution in [2.24, 2.45) is 5.73 Å².